The first-order valence-electron chi connectivity index (χ1n) is 15.3. The van der Waals surface area contributed by atoms with Crippen LogP contribution in [0.5, 0.6) is 17.2 Å². The van der Waals surface area contributed by atoms with E-state index in [0.29, 0.717) is 55.5 Å². The Hall–Kier alpha value is -4.19. The molecule has 0 unspecified atom stereocenters. The smallest absolute Gasteiger partial charge is 0.338 e. The van der Waals surface area contributed by atoms with Crippen molar-refractivity contribution in [3.8, 4) is 17.2 Å². The predicted molar refractivity (Wildman–Crippen MR) is 195 cm³/mol. The number of methoxy groups -OCH3 is 1. The van der Waals surface area contributed by atoms with E-state index < -0.39 is 12.0 Å². The average Bonchev–Trinajstić information content (AvgIpc) is 3.38. The highest BCUT2D eigenvalue weighted by Gasteiger charge is 2.35. The number of halogens is 2. The minimum absolute atomic E-state index is 0.171. The van der Waals surface area contributed by atoms with Crippen molar-refractivity contribution in [2.75, 3.05) is 20.3 Å². The third-order valence-electron chi connectivity index (χ3n) is 7.91. The molecule has 0 fully saturated rings. The van der Waals surface area contributed by atoms with Crippen LogP contribution in [-0.4, -0.2) is 30.9 Å². The Kier molecular flexibility index (Phi) is 10.2. The van der Waals surface area contributed by atoms with Gasteiger partial charge in [-0.2, -0.15) is 0 Å². The van der Waals surface area contributed by atoms with Crippen LogP contribution in [0.3, 0.4) is 0 Å². The van der Waals surface area contributed by atoms with Gasteiger partial charge >= 0.3 is 5.97 Å². The first-order valence-corrected chi connectivity index (χ1v) is 17.7. The summed E-state index contributed by atoms with van der Waals surface area (Å²) in [5.74, 6) is 1.10. The lowest BCUT2D eigenvalue weighted by molar-refractivity contribution is -0.139. The lowest BCUT2D eigenvalue weighted by Gasteiger charge is -2.26. The molecule has 0 radical (unpaired) electrons. The molecule has 1 aliphatic heterocycles. The van der Waals surface area contributed by atoms with Crippen LogP contribution in [0.4, 0.5) is 0 Å². The van der Waals surface area contributed by atoms with Crippen LogP contribution in [0.2, 0.25) is 0 Å². The highest BCUT2D eigenvalue weighted by Crippen LogP contribution is 2.41. The van der Waals surface area contributed by atoms with E-state index >= 15 is 0 Å². The van der Waals surface area contributed by atoms with E-state index in [-0.39, 0.29) is 17.7 Å². The van der Waals surface area contributed by atoms with Gasteiger partial charge in [-0.1, -0.05) is 85.7 Å². The largest absolute Gasteiger partial charge is 0.493 e. The summed E-state index contributed by atoms with van der Waals surface area (Å²) >= 11 is 8.43. The number of carbonyl (C=O) groups excluding carboxylic acids is 1. The Balaban J connectivity index is 1.55. The number of thiazole rings is 1. The van der Waals surface area contributed by atoms with Crippen molar-refractivity contribution in [3.63, 3.8) is 0 Å². The van der Waals surface area contributed by atoms with Crippen molar-refractivity contribution in [1.29, 1.82) is 0 Å². The van der Waals surface area contributed by atoms with Gasteiger partial charge in [0.2, 0.25) is 0 Å². The molecule has 6 rings (SSSR count). The van der Waals surface area contributed by atoms with Gasteiger partial charge in [0.1, 0.15) is 12.4 Å². The van der Waals surface area contributed by atoms with E-state index in [2.05, 4.69) is 31.9 Å². The molecule has 4 aromatic carbocycles. The highest BCUT2D eigenvalue weighted by atomic mass is 79.9. The fourth-order valence-electron chi connectivity index (χ4n) is 5.70. The number of esters is 1. The van der Waals surface area contributed by atoms with Crippen molar-refractivity contribution in [2.45, 2.75) is 33.4 Å². The van der Waals surface area contributed by atoms with Crippen LogP contribution in [0, 0.1) is 0 Å². The molecule has 1 atom stereocenters. The fraction of sp³-hybridized carbons (Fsp3) is 0.216. The number of hydrogen-bond donors (Lipinski definition) is 0. The minimum atomic E-state index is -0.845. The Bertz CT molecular complexity index is 2240. The number of benzene rings is 4. The predicted octanol–water partition coefficient (Wildman–Crippen LogP) is 7.46. The second-order valence-electron chi connectivity index (χ2n) is 10.9. The van der Waals surface area contributed by atoms with Crippen LogP contribution in [0.25, 0.3) is 16.8 Å². The van der Waals surface area contributed by atoms with E-state index in [4.69, 9.17) is 23.9 Å². The van der Waals surface area contributed by atoms with E-state index in [0.717, 1.165) is 26.4 Å². The molecule has 0 saturated heterocycles. The maximum Gasteiger partial charge on any atom is 0.338 e. The number of aromatic nitrogens is 1. The monoisotopic (exact) mass is 790 g/mol. The molecule has 5 aromatic rings. The van der Waals surface area contributed by atoms with E-state index in [1.165, 1.54) is 11.3 Å². The van der Waals surface area contributed by atoms with Crippen molar-refractivity contribution in [2.24, 2.45) is 4.99 Å². The van der Waals surface area contributed by atoms with Crippen LogP contribution in [-0.2, 0) is 16.1 Å². The molecule has 1 aliphatic rings. The third-order valence-corrected chi connectivity index (χ3v) is 10.1. The molecule has 1 aromatic heterocycles. The summed E-state index contributed by atoms with van der Waals surface area (Å²) in [6, 6.07) is 22.6. The molecule has 0 aliphatic carbocycles. The number of ether oxygens (including phenoxy) is 4. The van der Waals surface area contributed by atoms with E-state index in [1.807, 2.05) is 73.7 Å². The van der Waals surface area contributed by atoms with Crippen LogP contribution in [0.15, 0.2) is 103 Å². The second-order valence-corrected chi connectivity index (χ2v) is 13.7. The molecule has 48 heavy (non-hydrogen) atoms. The van der Waals surface area contributed by atoms with Crippen LogP contribution >= 0.6 is 43.2 Å². The number of fused-ring (bicyclic) bond motifs is 2. The summed E-state index contributed by atoms with van der Waals surface area (Å²) in [6.45, 7) is 6.35. The number of nitrogens with zero attached hydrogens (tertiary/aromatic N) is 2. The summed E-state index contributed by atoms with van der Waals surface area (Å²) in [5.41, 5.74) is 2.85. The number of allylic oxidation sites excluding steroid dienone is 1. The molecular formula is C37H32Br2N2O6S. The average molecular weight is 793 g/mol. The number of rotatable bonds is 10. The number of hydrogen-bond acceptors (Lipinski definition) is 8. The lowest BCUT2D eigenvalue weighted by Crippen LogP contribution is -2.40. The fourth-order valence-corrected chi connectivity index (χ4v) is 7.53. The standard InChI is InChI=1S/C37H32Br2N2O6S/c1-5-45-31-19-28(39)27(17-30(31)44-4)34-33(36(43)46-6-2)21(3)40-37-41(34)35(42)32(48-37)18-26-25-10-8-7-9-23(25)13-16-29(26)47-20-22-11-14-24(38)15-12-22/h7-19,34H,5-6,20H2,1-4H3/b32-18+/t34-/m0/s1. The molecule has 11 heteroatoms. The second kappa shape index (κ2) is 14.5. The van der Waals surface area contributed by atoms with Crippen molar-refractivity contribution in [1.82, 2.24) is 4.57 Å². The molecule has 2 heterocycles. The van der Waals surface area contributed by atoms with Gasteiger partial charge in [-0.3, -0.25) is 9.36 Å². The third kappa shape index (κ3) is 6.59. The van der Waals surface area contributed by atoms with Crippen molar-refractivity contribution < 1.29 is 23.7 Å². The summed E-state index contributed by atoms with van der Waals surface area (Å²) in [6.07, 6.45) is 1.86. The maximum absolute atomic E-state index is 14.5. The molecule has 0 saturated carbocycles. The zero-order valence-electron chi connectivity index (χ0n) is 26.7. The van der Waals surface area contributed by atoms with Crippen molar-refractivity contribution >= 4 is 66.0 Å². The van der Waals surface area contributed by atoms with Gasteiger partial charge in [0.15, 0.2) is 16.3 Å². The molecular weight excluding hydrogens is 760 g/mol. The summed E-state index contributed by atoms with van der Waals surface area (Å²) in [7, 11) is 1.55. The van der Waals surface area contributed by atoms with Gasteiger partial charge in [0.25, 0.3) is 5.56 Å². The molecule has 0 spiro atoms. The highest BCUT2D eigenvalue weighted by molar-refractivity contribution is 9.10. The first kappa shape index (κ1) is 33.7. The summed E-state index contributed by atoms with van der Waals surface area (Å²) < 4.78 is 26.9. The topological polar surface area (TPSA) is 88.4 Å². The van der Waals surface area contributed by atoms with E-state index in [9.17, 15) is 9.59 Å². The molecule has 246 valence electrons. The van der Waals surface area contributed by atoms with Crippen LogP contribution in [0.1, 0.15) is 43.5 Å². The summed E-state index contributed by atoms with van der Waals surface area (Å²) in [4.78, 5) is 33.2. The Morgan fingerprint density at radius 1 is 0.958 bits per heavy atom. The molecule has 0 bridgehead atoms. The van der Waals surface area contributed by atoms with Gasteiger partial charge < -0.3 is 18.9 Å². The minimum Gasteiger partial charge on any atom is -0.493 e. The quantitative estimate of drug-likeness (QED) is 0.137. The van der Waals surface area contributed by atoms with Crippen LogP contribution < -0.4 is 29.1 Å². The maximum atomic E-state index is 14.5. The molecule has 8 nitrogen and oxygen atoms in total. The van der Waals surface area contributed by atoms with Gasteiger partial charge in [0.05, 0.1) is 42.2 Å². The molecule has 0 amide bonds. The first-order chi connectivity index (χ1) is 23.2. The Morgan fingerprint density at radius 2 is 1.73 bits per heavy atom. The van der Waals surface area contributed by atoms with Gasteiger partial charge in [-0.15, -0.1) is 0 Å². The Labute approximate surface area is 298 Å². The normalized spacial score (nSPS) is 14.5. The van der Waals surface area contributed by atoms with Gasteiger partial charge in [-0.25, -0.2) is 9.79 Å². The Morgan fingerprint density at radius 3 is 2.46 bits per heavy atom. The van der Waals surface area contributed by atoms with E-state index in [1.54, 1.807) is 37.7 Å². The number of carbonyl (C=O) groups is 1. The van der Waals surface area contributed by atoms with Crippen molar-refractivity contribution in [3.05, 3.63) is 129 Å². The lowest BCUT2D eigenvalue weighted by atomic mass is 9.95. The van der Waals surface area contributed by atoms with Gasteiger partial charge in [-0.05, 0) is 79.1 Å². The zero-order chi connectivity index (χ0) is 33.9. The van der Waals surface area contributed by atoms with Gasteiger partial charge in [0, 0.05) is 14.5 Å². The zero-order valence-corrected chi connectivity index (χ0v) is 30.7. The summed E-state index contributed by atoms with van der Waals surface area (Å²) in [5, 5.41) is 1.95. The SMILES string of the molecule is CCOC(=O)C1=C(C)N=c2s/c(=C/c3c(OCc4ccc(Br)cc4)ccc4ccccc34)c(=O)n2[C@H]1c1cc(OC)c(OCC)cc1Br. The molecule has 0 N–H and O–H groups in total.